The van der Waals surface area contributed by atoms with E-state index in [9.17, 15) is 9.36 Å². The Morgan fingerprint density at radius 3 is 2.33 bits per heavy atom. The fraction of sp³-hybridized carbons (Fsp3) is 0.875. The Hall–Kier alpha value is -0.420. The summed E-state index contributed by atoms with van der Waals surface area (Å²) in [4.78, 5) is 20.2. The van der Waals surface area contributed by atoms with Gasteiger partial charge in [-0.25, -0.2) is 0 Å². The van der Waals surface area contributed by atoms with Crippen molar-refractivity contribution in [3.05, 3.63) is 0 Å². The number of aliphatic hydroxyl groups excluding tert-OH is 1. The van der Waals surface area contributed by atoms with Crippen LogP contribution in [-0.4, -0.2) is 29.2 Å². The molecule has 0 aromatic carbocycles. The number of carbonyl (C=O) groups is 1. The number of hydrogen-bond donors (Lipinski definition) is 3. The first-order chi connectivity index (χ1) is 7.02. The Morgan fingerprint density at radius 2 is 2.00 bits per heavy atom. The van der Waals surface area contributed by atoms with Gasteiger partial charge in [-0.3, -0.25) is 9.36 Å². The van der Waals surface area contributed by atoms with E-state index in [0.717, 1.165) is 0 Å². The van der Waals surface area contributed by atoms with Gasteiger partial charge in [0, 0.05) is 0 Å². The van der Waals surface area contributed by atoms with E-state index < -0.39 is 20.4 Å². The van der Waals surface area contributed by atoms with Crippen LogP contribution in [0.3, 0.4) is 0 Å². The molecule has 0 aromatic rings. The molecule has 3 N–H and O–H groups in total. The van der Waals surface area contributed by atoms with Gasteiger partial charge in [-0.05, 0) is 12.8 Å². The smallest absolute Gasteiger partial charge is 0.316 e. The molecule has 15 heavy (non-hydrogen) atoms. The molecular weight excluding hydrogens is 221 g/mol. The zero-order valence-corrected chi connectivity index (χ0v) is 9.95. The van der Waals surface area contributed by atoms with Crippen molar-refractivity contribution in [1.82, 2.24) is 5.32 Å². The molecule has 0 rings (SSSR count). The van der Waals surface area contributed by atoms with Crippen molar-refractivity contribution >= 4 is 14.2 Å². The second kappa shape index (κ2) is 6.95. The normalized spacial score (nSPS) is 13.6. The number of aliphatic hydroxyl groups is 1. The monoisotopic (exact) mass is 239 g/mol. The first kappa shape index (κ1) is 14.6. The van der Waals surface area contributed by atoms with E-state index in [1.807, 2.05) is 0 Å². The summed E-state index contributed by atoms with van der Waals surface area (Å²) >= 11 is 0. The Balaban J connectivity index is 4.55. The fourth-order valence-electron chi connectivity index (χ4n) is 1.30. The van der Waals surface area contributed by atoms with Gasteiger partial charge in [-0.15, -0.1) is 0 Å². The SMILES string of the molecule is CCC(CC)(CO[PH](=O)O)C(=O)NCO. The van der Waals surface area contributed by atoms with Gasteiger partial charge >= 0.3 is 8.25 Å². The highest BCUT2D eigenvalue weighted by Crippen LogP contribution is 2.30. The summed E-state index contributed by atoms with van der Waals surface area (Å²) in [6.45, 7) is 3.02. The van der Waals surface area contributed by atoms with Crippen LogP contribution in [0.5, 0.6) is 0 Å². The summed E-state index contributed by atoms with van der Waals surface area (Å²) in [5.74, 6) is -0.363. The lowest BCUT2D eigenvalue weighted by Gasteiger charge is -2.28. The Labute approximate surface area is 89.6 Å². The van der Waals surface area contributed by atoms with Crippen molar-refractivity contribution in [2.45, 2.75) is 26.7 Å². The topological polar surface area (TPSA) is 95.9 Å². The molecule has 0 saturated carbocycles. The summed E-state index contributed by atoms with van der Waals surface area (Å²) in [7, 11) is -3.03. The number of carbonyl (C=O) groups excluding carboxylic acids is 1. The van der Waals surface area contributed by atoms with Crippen LogP contribution >= 0.6 is 8.25 Å². The molecule has 1 atom stereocenters. The highest BCUT2D eigenvalue weighted by atomic mass is 31.1. The summed E-state index contributed by atoms with van der Waals surface area (Å²) in [5.41, 5.74) is -0.841. The first-order valence-corrected chi connectivity index (χ1v) is 6.03. The van der Waals surface area contributed by atoms with Crippen LogP contribution in [0.2, 0.25) is 0 Å². The molecule has 90 valence electrons. The maximum atomic E-state index is 11.6. The molecular formula is C8H18NO5P. The van der Waals surface area contributed by atoms with Crippen molar-refractivity contribution in [3.8, 4) is 0 Å². The van der Waals surface area contributed by atoms with Crippen LogP contribution in [0, 0.1) is 5.41 Å². The van der Waals surface area contributed by atoms with Crippen molar-refractivity contribution in [2.75, 3.05) is 13.3 Å². The van der Waals surface area contributed by atoms with Gasteiger partial charge in [-0.1, -0.05) is 13.8 Å². The zero-order valence-electron chi connectivity index (χ0n) is 8.95. The molecule has 0 aliphatic carbocycles. The average molecular weight is 239 g/mol. The Kier molecular flexibility index (Phi) is 6.76. The second-order valence-corrected chi connectivity index (χ2v) is 4.03. The van der Waals surface area contributed by atoms with Gasteiger partial charge in [0.05, 0.1) is 12.0 Å². The van der Waals surface area contributed by atoms with Crippen LogP contribution in [0.4, 0.5) is 0 Å². The van der Waals surface area contributed by atoms with E-state index in [1.165, 1.54) is 0 Å². The molecule has 0 radical (unpaired) electrons. The van der Waals surface area contributed by atoms with Crippen molar-refractivity contribution in [1.29, 1.82) is 0 Å². The molecule has 1 unspecified atom stereocenters. The lowest BCUT2D eigenvalue weighted by molar-refractivity contribution is -0.134. The molecule has 6 nitrogen and oxygen atoms in total. The summed E-state index contributed by atoms with van der Waals surface area (Å²) in [6.07, 6.45) is 0.953. The Morgan fingerprint density at radius 1 is 1.47 bits per heavy atom. The predicted octanol–water partition coefficient (Wildman–Crippen LogP) is 0.257. The van der Waals surface area contributed by atoms with Gasteiger partial charge < -0.3 is 19.8 Å². The third-order valence-electron chi connectivity index (χ3n) is 2.55. The lowest BCUT2D eigenvalue weighted by atomic mass is 9.82. The lowest BCUT2D eigenvalue weighted by Crippen LogP contribution is -2.43. The minimum Gasteiger partial charge on any atom is -0.377 e. The van der Waals surface area contributed by atoms with Gasteiger partial charge in [-0.2, -0.15) is 0 Å². The third kappa shape index (κ3) is 4.30. The minimum atomic E-state index is -3.03. The average Bonchev–Trinajstić information content (AvgIpc) is 2.20. The third-order valence-corrected chi connectivity index (χ3v) is 2.94. The quantitative estimate of drug-likeness (QED) is 0.437. The van der Waals surface area contributed by atoms with Crippen LogP contribution in [0.15, 0.2) is 0 Å². The maximum Gasteiger partial charge on any atom is 0.316 e. The molecule has 0 aromatic heterocycles. The predicted molar refractivity (Wildman–Crippen MR) is 55.4 cm³/mol. The molecule has 0 aliphatic heterocycles. The molecule has 0 saturated heterocycles. The number of amides is 1. The van der Waals surface area contributed by atoms with Crippen LogP contribution < -0.4 is 5.32 Å². The maximum absolute atomic E-state index is 11.6. The second-order valence-electron chi connectivity index (χ2n) is 3.21. The van der Waals surface area contributed by atoms with Crippen LogP contribution in [-0.2, 0) is 13.9 Å². The number of nitrogens with one attached hydrogen (secondary N) is 1. The Bertz CT molecular complexity index is 229. The molecule has 0 aliphatic rings. The highest BCUT2D eigenvalue weighted by molar-refractivity contribution is 7.32. The minimum absolute atomic E-state index is 0.111. The van der Waals surface area contributed by atoms with Crippen molar-refractivity contribution in [3.63, 3.8) is 0 Å². The van der Waals surface area contributed by atoms with Gasteiger partial charge in [0.15, 0.2) is 0 Å². The molecule has 1 amide bonds. The van der Waals surface area contributed by atoms with Gasteiger partial charge in [0.1, 0.15) is 6.73 Å². The van der Waals surface area contributed by atoms with E-state index >= 15 is 0 Å². The van der Waals surface area contributed by atoms with Gasteiger partial charge in [0.25, 0.3) is 0 Å². The van der Waals surface area contributed by atoms with Crippen LogP contribution in [0.25, 0.3) is 0 Å². The molecule has 7 heteroatoms. The van der Waals surface area contributed by atoms with Crippen molar-refractivity contribution in [2.24, 2.45) is 5.41 Å². The van der Waals surface area contributed by atoms with E-state index in [-0.39, 0.29) is 12.5 Å². The summed E-state index contributed by atoms with van der Waals surface area (Å²) in [6, 6.07) is 0. The molecule has 0 bridgehead atoms. The zero-order chi connectivity index (χ0) is 11.9. The van der Waals surface area contributed by atoms with E-state index in [2.05, 4.69) is 9.84 Å². The van der Waals surface area contributed by atoms with Crippen molar-refractivity contribution < 1.29 is 23.9 Å². The van der Waals surface area contributed by atoms with Crippen LogP contribution in [0.1, 0.15) is 26.7 Å². The highest BCUT2D eigenvalue weighted by Gasteiger charge is 2.35. The van der Waals surface area contributed by atoms with E-state index in [4.69, 9.17) is 10.00 Å². The number of rotatable bonds is 7. The molecule has 0 heterocycles. The van der Waals surface area contributed by atoms with Gasteiger partial charge in [0.2, 0.25) is 5.91 Å². The standard InChI is InChI=1S/C8H18NO5P/c1-3-8(4-2,5-14-15(12)13)7(11)9-6-10/h10,15H,3-6H2,1-2H3,(H,9,11)(H,12,13). The molecule has 0 fully saturated rings. The number of hydrogen-bond acceptors (Lipinski definition) is 4. The summed E-state index contributed by atoms with van der Waals surface area (Å²) in [5, 5.41) is 10.9. The van der Waals surface area contributed by atoms with E-state index in [1.54, 1.807) is 13.8 Å². The molecule has 0 spiro atoms. The first-order valence-electron chi connectivity index (χ1n) is 4.77. The fourth-order valence-corrected chi connectivity index (χ4v) is 1.70. The largest absolute Gasteiger partial charge is 0.377 e. The van der Waals surface area contributed by atoms with E-state index in [0.29, 0.717) is 12.8 Å². The summed E-state index contributed by atoms with van der Waals surface area (Å²) < 4.78 is 15.1.